The van der Waals surface area contributed by atoms with Crippen LogP contribution in [0.4, 0.5) is 33.7 Å². The molecule has 0 radical (unpaired) electrons. The molecule has 2 aromatic rings. The molecule has 1 saturated heterocycles. The highest BCUT2D eigenvalue weighted by atomic mass is 32.2. The zero-order valence-corrected chi connectivity index (χ0v) is 16.8. The molecule has 3 rings (SSSR count). The number of alkyl halides is 3. The lowest BCUT2D eigenvalue weighted by molar-refractivity contribution is -0.194. The maximum atomic E-state index is 14.0. The highest BCUT2D eigenvalue weighted by Crippen LogP contribution is 2.37. The minimum atomic E-state index is -5.64. The van der Waals surface area contributed by atoms with Crippen molar-refractivity contribution in [2.75, 3.05) is 10.2 Å². The monoisotopic (exact) mass is 474 g/mol. The predicted octanol–water partition coefficient (Wildman–Crippen LogP) is 2.08. The zero-order valence-electron chi connectivity index (χ0n) is 16.0. The van der Waals surface area contributed by atoms with Gasteiger partial charge in [-0.2, -0.15) is 17.9 Å². The largest absolute Gasteiger partial charge is 0.435 e. The molecular formula is C18H14F4N4O5S. The van der Waals surface area contributed by atoms with E-state index in [1.807, 2.05) is 0 Å². The summed E-state index contributed by atoms with van der Waals surface area (Å²) in [7, 11) is -5.04. The summed E-state index contributed by atoms with van der Waals surface area (Å²) in [6.07, 6.45) is -5.64. The number of nitrogens with zero attached hydrogens (tertiary/aromatic N) is 1. The van der Waals surface area contributed by atoms with Crippen LogP contribution in [0.3, 0.4) is 0 Å². The average molecular weight is 474 g/mol. The standard InChI is InChI=1S/C18H14F4N4O5S/c1-10(27)23-11-6-8-12(9-7-11)32(30,31)25-17(18(20,21)22)15(28)26(16(29)24-17)14-5-3-2-4-13(14)19/h2-9,25H,1H3,(H,23,27)(H,24,29)/t17-/m1/s1. The Kier molecular flexibility index (Phi) is 5.69. The highest BCUT2D eigenvalue weighted by molar-refractivity contribution is 7.89. The molecule has 0 unspecified atom stereocenters. The Morgan fingerprint density at radius 3 is 2.19 bits per heavy atom. The first kappa shape index (κ1) is 23.1. The molecule has 0 saturated carbocycles. The minimum Gasteiger partial charge on any atom is -0.326 e. The number of imide groups is 1. The third kappa shape index (κ3) is 4.01. The smallest absolute Gasteiger partial charge is 0.326 e. The van der Waals surface area contributed by atoms with Crippen molar-refractivity contribution in [3.63, 3.8) is 0 Å². The van der Waals surface area contributed by atoms with Crippen LogP contribution in [0.25, 0.3) is 0 Å². The second-order valence-electron chi connectivity index (χ2n) is 6.58. The van der Waals surface area contributed by atoms with Crippen molar-refractivity contribution in [2.24, 2.45) is 0 Å². The summed E-state index contributed by atoms with van der Waals surface area (Å²) in [4.78, 5) is 35.1. The van der Waals surface area contributed by atoms with Gasteiger partial charge < -0.3 is 10.6 Å². The van der Waals surface area contributed by atoms with E-state index in [4.69, 9.17) is 0 Å². The van der Waals surface area contributed by atoms with Crippen LogP contribution in [0.5, 0.6) is 0 Å². The van der Waals surface area contributed by atoms with Crippen LogP contribution in [-0.4, -0.2) is 38.1 Å². The maximum absolute atomic E-state index is 14.0. The molecule has 1 aliphatic rings. The summed E-state index contributed by atoms with van der Waals surface area (Å²) in [6.45, 7) is 1.19. The first-order chi connectivity index (χ1) is 14.8. The molecule has 2 aromatic carbocycles. The van der Waals surface area contributed by atoms with E-state index >= 15 is 0 Å². The summed E-state index contributed by atoms with van der Waals surface area (Å²) >= 11 is 0. The van der Waals surface area contributed by atoms with Crippen molar-refractivity contribution in [1.82, 2.24) is 10.0 Å². The number of benzene rings is 2. The van der Waals surface area contributed by atoms with E-state index in [-0.39, 0.29) is 10.6 Å². The van der Waals surface area contributed by atoms with Gasteiger partial charge in [0.05, 0.1) is 10.6 Å². The van der Waals surface area contributed by atoms with Crippen molar-refractivity contribution < 1.29 is 40.4 Å². The van der Waals surface area contributed by atoms with E-state index in [0.717, 1.165) is 36.4 Å². The summed E-state index contributed by atoms with van der Waals surface area (Å²) in [5, 5.41) is 3.64. The number of urea groups is 1. The Morgan fingerprint density at radius 1 is 1.06 bits per heavy atom. The predicted molar refractivity (Wildman–Crippen MR) is 102 cm³/mol. The summed E-state index contributed by atoms with van der Waals surface area (Å²) < 4.78 is 82.4. The van der Waals surface area contributed by atoms with E-state index in [9.17, 15) is 40.4 Å². The van der Waals surface area contributed by atoms with Gasteiger partial charge in [-0.25, -0.2) is 22.5 Å². The van der Waals surface area contributed by atoms with Gasteiger partial charge in [0.2, 0.25) is 15.9 Å². The van der Waals surface area contributed by atoms with Crippen molar-refractivity contribution in [2.45, 2.75) is 23.7 Å². The van der Waals surface area contributed by atoms with Crippen LogP contribution >= 0.6 is 0 Å². The molecule has 4 amide bonds. The van der Waals surface area contributed by atoms with Gasteiger partial charge in [0, 0.05) is 12.6 Å². The lowest BCUT2D eigenvalue weighted by Gasteiger charge is -2.29. The van der Waals surface area contributed by atoms with E-state index in [1.54, 1.807) is 0 Å². The number of rotatable bonds is 5. The van der Waals surface area contributed by atoms with Gasteiger partial charge >= 0.3 is 12.2 Å². The Balaban J connectivity index is 2.02. The molecule has 0 spiro atoms. The molecule has 1 atom stereocenters. The van der Waals surface area contributed by atoms with Crippen LogP contribution < -0.4 is 20.3 Å². The molecular weight excluding hydrogens is 460 g/mol. The van der Waals surface area contributed by atoms with Gasteiger partial charge in [0.1, 0.15) is 5.82 Å². The Morgan fingerprint density at radius 2 is 1.66 bits per heavy atom. The number of para-hydroxylation sites is 1. The molecule has 32 heavy (non-hydrogen) atoms. The number of carbonyl (C=O) groups excluding carboxylic acids is 3. The minimum absolute atomic E-state index is 0.134. The van der Waals surface area contributed by atoms with Crippen LogP contribution in [0.1, 0.15) is 6.92 Å². The summed E-state index contributed by atoms with van der Waals surface area (Å²) in [5.41, 5.74) is -4.71. The van der Waals surface area contributed by atoms with E-state index in [0.29, 0.717) is 0 Å². The molecule has 0 aliphatic carbocycles. The number of halogens is 4. The van der Waals surface area contributed by atoms with Crippen molar-refractivity contribution in [3.05, 3.63) is 54.3 Å². The van der Waals surface area contributed by atoms with Gasteiger partial charge in [-0.05, 0) is 36.4 Å². The van der Waals surface area contributed by atoms with Crippen molar-refractivity contribution in [3.8, 4) is 0 Å². The summed E-state index contributed by atoms with van der Waals surface area (Å²) in [6, 6.07) is 6.35. The molecule has 1 aliphatic heterocycles. The van der Waals surface area contributed by atoms with Gasteiger partial charge in [0.25, 0.3) is 11.6 Å². The van der Waals surface area contributed by atoms with Crippen LogP contribution in [-0.2, 0) is 19.6 Å². The van der Waals surface area contributed by atoms with E-state index < -0.39 is 56.1 Å². The third-order valence-electron chi connectivity index (χ3n) is 4.31. The van der Waals surface area contributed by atoms with Crippen LogP contribution in [0.15, 0.2) is 53.4 Å². The number of anilines is 2. The molecule has 9 nitrogen and oxygen atoms in total. The van der Waals surface area contributed by atoms with Gasteiger partial charge in [-0.3, -0.25) is 9.59 Å². The first-order valence-electron chi connectivity index (χ1n) is 8.68. The topological polar surface area (TPSA) is 125 Å². The van der Waals surface area contributed by atoms with Crippen molar-refractivity contribution >= 4 is 39.2 Å². The van der Waals surface area contributed by atoms with E-state index in [1.165, 1.54) is 29.1 Å². The number of nitrogens with one attached hydrogen (secondary N) is 3. The fourth-order valence-electron chi connectivity index (χ4n) is 2.88. The molecule has 0 aromatic heterocycles. The Bertz CT molecular complexity index is 1200. The molecule has 1 fully saturated rings. The fraction of sp³-hybridized carbons (Fsp3) is 0.167. The fourth-order valence-corrected chi connectivity index (χ4v) is 4.15. The van der Waals surface area contributed by atoms with Gasteiger partial charge in [0.15, 0.2) is 0 Å². The lowest BCUT2D eigenvalue weighted by atomic mass is 10.1. The number of amides is 4. The lowest BCUT2D eigenvalue weighted by Crippen LogP contribution is -2.69. The van der Waals surface area contributed by atoms with E-state index in [2.05, 4.69) is 5.32 Å². The van der Waals surface area contributed by atoms with Crippen molar-refractivity contribution in [1.29, 1.82) is 0 Å². The Labute approximate surface area is 178 Å². The average Bonchev–Trinajstić information content (AvgIpc) is 2.92. The second-order valence-corrected chi connectivity index (χ2v) is 8.26. The quantitative estimate of drug-likeness (QED) is 0.452. The third-order valence-corrected chi connectivity index (χ3v) is 5.78. The van der Waals surface area contributed by atoms with Crippen LogP contribution in [0, 0.1) is 5.82 Å². The SMILES string of the molecule is CC(=O)Nc1ccc(S(=O)(=O)N[C@]2(C(F)(F)F)NC(=O)N(c3ccccc3F)C2=O)cc1. The normalized spacial score (nSPS) is 19.1. The highest BCUT2D eigenvalue weighted by Gasteiger charge is 2.70. The molecule has 1 heterocycles. The second kappa shape index (κ2) is 7.87. The molecule has 170 valence electrons. The number of hydrogen-bond donors (Lipinski definition) is 3. The maximum Gasteiger partial charge on any atom is 0.435 e. The molecule has 3 N–H and O–H groups in total. The molecule has 14 heteroatoms. The van der Waals surface area contributed by atoms with Gasteiger partial charge in [-0.15, -0.1) is 0 Å². The Hall–Kier alpha value is -3.52. The summed E-state index contributed by atoms with van der Waals surface area (Å²) in [5.74, 6) is -3.73. The number of sulfonamides is 1. The first-order valence-corrected chi connectivity index (χ1v) is 10.2. The van der Waals surface area contributed by atoms with Crippen LogP contribution in [0.2, 0.25) is 0 Å². The number of hydrogen-bond acceptors (Lipinski definition) is 5. The molecule has 0 bridgehead atoms. The zero-order chi connectivity index (χ0) is 23.9. The van der Waals surface area contributed by atoms with Gasteiger partial charge in [-0.1, -0.05) is 12.1 Å². The number of carbonyl (C=O) groups is 3.